The molecule has 2 rings (SSSR count). The Morgan fingerprint density at radius 3 is 2.47 bits per heavy atom. The Labute approximate surface area is 118 Å². The van der Waals surface area contributed by atoms with Crippen LogP contribution < -0.4 is 0 Å². The molecule has 19 heavy (non-hydrogen) atoms. The number of aromatic nitrogens is 2. The zero-order chi connectivity index (χ0) is 14.2. The van der Waals surface area contributed by atoms with E-state index < -0.39 is 5.24 Å². The average molecular weight is 277 g/mol. The van der Waals surface area contributed by atoms with Crippen LogP contribution in [-0.4, -0.2) is 15.0 Å². The van der Waals surface area contributed by atoms with Crippen LogP contribution >= 0.6 is 11.6 Å². The van der Waals surface area contributed by atoms with Crippen molar-refractivity contribution in [1.29, 1.82) is 0 Å². The Morgan fingerprint density at radius 1 is 1.26 bits per heavy atom. The first-order chi connectivity index (χ1) is 8.79. The molecule has 0 atom stereocenters. The fraction of sp³-hybridized carbons (Fsp3) is 0.333. The summed E-state index contributed by atoms with van der Waals surface area (Å²) < 4.78 is 1.61. The van der Waals surface area contributed by atoms with Gasteiger partial charge < -0.3 is 0 Å². The summed E-state index contributed by atoms with van der Waals surface area (Å²) in [6.45, 7) is 8.16. The van der Waals surface area contributed by atoms with Gasteiger partial charge in [0.05, 0.1) is 11.4 Å². The molecular formula is C15H17ClN2O. The van der Waals surface area contributed by atoms with Crippen molar-refractivity contribution < 1.29 is 4.79 Å². The molecule has 3 nitrogen and oxygen atoms in total. The highest BCUT2D eigenvalue weighted by Crippen LogP contribution is 2.24. The molecule has 0 aliphatic heterocycles. The molecule has 0 bridgehead atoms. The maximum atomic E-state index is 11.6. The third-order valence-corrected chi connectivity index (χ3v) is 3.12. The van der Waals surface area contributed by atoms with Gasteiger partial charge in [-0.2, -0.15) is 5.10 Å². The number of halogens is 1. The zero-order valence-electron chi connectivity index (χ0n) is 11.6. The third kappa shape index (κ3) is 2.87. The number of carbonyl (C=O) groups excluding carboxylic acids is 1. The average Bonchev–Trinajstić information content (AvgIpc) is 2.73. The molecule has 0 saturated heterocycles. The first-order valence-corrected chi connectivity index (χ1v) is 6.54. The first-order valence-electron chi connectivity index (χ1n) is 6.16. The van der Waals surface area contributed by atoms with E-state index in [2.05, 4.69) is 25.9 Å². The van der Waals surface area contributed by atoms with Crippen LogP contribution in [0, 0.1) is 6.92 Å². The summed E-state index contributed by atoms with van der Waals surface area (Å²) in [6, 6.07) is 9.58. The molecule has 0 aliphatic carbocycles. The van der Waals surface area contributed by atoms with Crippen molar-refractivity contribution in [2.75, 3.05) is 0 Å². The third-order valence-electron chi connectivity index (χ3n) is 2.93. The van der Waals surface area contributed by atoms with Crippen LogP contribution in [0.1, 0.15) is 42.5 Å². The fourth-order valence-electron chi connectivity index (χ4n) is 1.84. The highest BCUT2D eigenvalue weighted by molar-refractivity contribution is 6.67. The van der Waals surface area contributed by atoms with E-state index in [1.165, 1.54) is 0 Å². The fourth-order valence-corrected chi connectivity index (χ4v) is 1.98. The van der Waals surface area contributed by atoms with E-state index in [1.807, 2.05) is 31.2 Å². The smallest absolute Gasteiger partial charge is 0.270 e. The Balaban J connectivity index is 2.62. The summed E-state index contributed by atoms with van der Waals surface area (Å²) in [5.74, 6) is 0. The number of hydrogen-bond donors (Lipinski definition) is 0. The molecule has 0 saturated carbocycles. The molecule has 1 aromatic carbocycles. The minimum Gasteiger partial charge on any atom is -0.274 e. The van der Waals surface area contributed by atoms with Gasteiger partial charge >= 0.3 is 0 Å². The standard InChI is InChI=1S/C15H17ClN2O/c1-10-6-5-7-11(8-10)18-12(14(16)19)9-13(17-18)15(2,3)4/h5-9H,1-4H3. The Bertz CT molecular complexity index is 623. The van der Waals surface area contributed by atoms with Crippen LogP contribution in [0.4, 0.5) is 0 Å². The topological polar surface area (TPSA) is 34.9 Å². The summed E-state index contributed by atoms with van der Waals surface area (Å²) in [5.41, 5.74) is 3.07. The van der Waals surface area contributed by atoms with Gasteiger partial charge in [0.25, 0.3) is 5.24 Å². The lowest BCUT2D eigenvalue weighted by atomic mass is 9.92. The summed E-state index contributed by atoms with van der Waals surface area (Å²) in [7, 11) is 0. The van der Waals surface area contributed by atoms with Crippen molar-refractivity contribution in [3.05, 3.63) is 47.3 Å². The number of aryl methyl sites for hydroxylation is 1. The van der Waals surface area contributed by atoms with Crippen LogP contribution in [0.3, 0.4) is 0 Å². The Hall–Kier alpha value is -1.61. The second kappa shape index (κ2) is 4.82. The molecule has 1 heterocycles. The monoisotopic (exact) mass is 276 g/mol. The summed E-state index contributed by atoms with van der Waals surface area (Å²) in [5, 5.41) is 4.03. The van der Waals surface area contributed by atoms with Gasteiger partial charge in [0, 0.05) is 5.41 Å². The van der Waals surface area contributed by atoms with Gasteiger partial charge in [0.15, 0.2) is 0 Å². The lowest BCUT2D eigenvalue weighted by Crippen LogP contribution is -2.12. The lowest BCUT2D eigenvalue weighted by molar-refractivity contribution is 0.107. The maximum Gasteiger partial charge on any atom is 0.270 e. The van der Waals surface area contributed by atoms with Crippen LogP contribution in [0.2, 0.25) is 0 Å². The molecule has 0 N–H and O–H groups in total. The number of hydrogen-bond acceptors (Lipinski definition) is 2. The van der Waals surface area contributed by atoms with Crippen molar-refractivity contribution >= 4 is 16.8 Å². The Morgan fingerprint density at radius 2 is 1.95 bits per heavy atom. The largest absolute Gasteiger partial charge is 0.274 e. The van der Waals surface area contributed by atoms with Gasteiger partial charge in [0.2, 0.25) is 0 Å². The van der Waals surface area contributed by atoms with Crippen LogP contribution in [0.15, 0.2) is 30.3 Å². The Kier molecular flexibility index (Phi) is 3.50. The number of rotatable bonds is 2. The molecule has 1 aromatic heterocycles. The molecule has 2 aromatic rings. The number of carbonyl (C=O) groups is 1. The maximum absolute atomic E-state index is 11.6. The van der Waals surface area contributed by atoms with Crippen molar-refractivity contribution in [2.45, 2.75) is 33.1 Å². The SMILES string of the molecule is Cc1cccc(-n2nc(C(C)(C)C)cc2C(=O)Cl)c1. The number of nitrogens with zero attached hydrogens (tertiary/aromatic N) is 2. The molecule has 4 heteroatoms. The van der Waals surface area contributed by atoms with E-state index in [-0.39, 0.29) is 5.41 Å². The molecular weight excluding hydrogens is 260 g/mol. The zero-order valence-corrected chi connectivity index (χ0v) is 12.3. The minimum absolute atomic E-state index is 0.129. The van der Waals surface area contributed by atoms with Crippen molar-refractivity contribution in [3.8, 4) is 5.69 Å². The molecule has 0 fully saturated rings. The molecule has 0 amide bonds. The molecule has 0 unspecified atom stereocenters. The molecule has 0 spiro atoms. The van der Waals surface area contributed by atoms with Crippen LogP contribution in [-0.2, 0) is 5.41 Å². The predicted molar refractivity (Wildman–Crippen MR) is 77.2 cm³/mol. The van der Waals surface area contributed by atoms with E-state index >= 15 is 0 Å². The van der Waals surface area contributed by atoms with E-state index in [0.717, 1.165) is 16.9 Å². The summed E-state index contributed by atoms with van der Waals surface area (Å²) >= 11 is 5.66. The predicted octanol–water partition coefficient (Wildman–Crippen LogP) is 3.86. The van der Waals surface area contributed by atoms with Crippen molar-refractivity contribution in [2.24, 2.45) is 0 Å². The van der Waals surface area contributed by atoms with Gasteiger partial charge in [-0.1, -0.05) is 32.9 Å². The van der Waals surface area contributed by atoms with E-state index in [0.29, 0.717) is 5.69 Å². The second-order valence-corrected chi connectivity index (χ2v) is 6.03. The molecule has 0 aliphatic rings. The summed E-state index contributed by atoms with van der Waals surface area (Å²) in [4.78, 5) is 11.6. The van der Waals surface area contributed by atoms with E-state index in [4.69, 9.17) is 11.6 Å². The van der Waals surface area contributed by atoms with Crippen molar-refractivity contribution in [1.82, 2.24) is 9.78 Å². The van der Waals surface area contributed by atoms with Crippen LogP contribution in [0.5, 0.6) is 0 Å². The lowest BCUT2D eigenvalue weighted by Gasteiger charge is -2.14. The van der Waals surface area contributed by atoms with Gasteiger partial charge in [-0.05, 0) is 42.3 Å². The quantitative estimate of drug-likeness (QED) is 0.781. The van der Waals surface area contributed by atoms with Gasteiger partial charge in [-0.15, -0.1) is 0 Å². The highest BCUT2D eigenvalue weighted by atomic mass is 35.5. The van der Waals surface area contributed by atoms with Gasteiger partial charge in [-0.3, -0.25) is 4.79 Å². The van der Waals surface area contributed by atoms with Crippen LogP contribution in [0.25, 0.3) is 5.69 Å². The molecule has 0 radical (unpaired) electrons. The van der Waals surface area contributed by atoms with Crippen molar-refractivity contribution in [3.63, 3.8) is 0 Å². The van der Waals surface area contributed by atoms with E-state index in [9.17, 15) is 4.79 Å². The molecule has 100 valence electrons. The van der Waals surface area contributed by atoms with Gasteiger partial charge in [-0.25, -0.2) is 4.68 Å². The summed E-state index contributed by atoms with van der Waals surface area (Å²) in [6.07, 6.45) is 0. The first kappa shape index (κ1) is 13.8. The highest BCUT2D eigenvalue weighted by Gasteiger charge is 2.22. The van der Waals surface area contributed by atoms with E-state index in [1.54, 1.807) is 10.7 Å². The minimum atomic E-state index is -0.496. The normalized spacial score (nSPS) is 11.6. The second-order valence-electron chi connectivity index (χ2n) is 5.69. The van der Waals surface area contributed by atoms with Gasteiger partial charge in [0.1, 0.15) is 5.69 Å². The number of benzene rings is 1.